The number of anilines is 1. The minimum Gasteiger partial charge on any atom is -0.383 e. The van der Waals surface area contributed by atoms with Crippen molar-refractivity contribution in [1.29, 1.82) is 0 Å². The van der Waals surface area contributed by atoms with E-state index < -0.39 is 23.3 Å². The summed E-state index contributed by atoms with van der Waals surface area (Å²) >= 11 is 5.76. The zero-order valence-corrected chi connectivity index (χ0v) is 11.6. The number of halogens is 3. The van der Waals surface area contributed by atoms with Crippen molar-refractivity contribution >= 4 is 29.1 Å². The molecule has 0 bridgehead atoms. The molecule has 114 valence electrons. The molecule has 0 radical (unpaired) electrons. The van der Waals surface area contributed by atoms with Gasteiger partial charge in [0.2, 0.25) is 5.91 Å². The molecule has 4 N–H and O–H groups in total. The number of nitrogens with one attached hydrogen (secondary N) is 1. The van der Waals surface area contributed by atoms with Crippen LogP contribution < -0.4 is 11.1 Å². The molecular formula is C13H13ClF2N2O3. The van der Waals surface area contributed by atoms with Gasteiger partial charge in [0.1, 0.15) is 5.60 Å². The van der Waals surface area contributed by atoms with Crippen molar-refractivity contribution in [1.82, 2.24) is 0 Å². The van der Waals surface area contributed by atoms with Gasteiger partial charge in [-0.2, -0.15) is 8.78 Å². The van der Waals surface area contributed by atoms with Crippen LogP contribution >= 0.6 is 11.6 Å². The van der Waals surface area contributed by atoms with Crippen LogP contribution in [0.4, 0.5) is 14.5 Å². The normalized spacial score (nSPS) is 17.0. The van der Waals surface area contributed by atoms with Gasteiger partial charge in [0.05, 0.1) is 10.6 Å². The molecule has 1 aromatic rings. The number of hydrogen-bond donors (Lipinski definition) is 3. The number of nitrogens with two attached hydrogens (primary N) is 1. The van der Waals surface area contributed by atoms with Crippen molar-refractivity contribution in [2.45, 2.75) is 30.8 Å². The topological polar surface area (TPSA) is 92.4 Å². The van der Waals surface area contributed by atoms with E-state index in [2.05, 4.69) is 0 Å². The molecule has 1 aliphatic carbocycles. The van der Waals surface area contributed by atoms with Gasteiger partial charge in [0, 0.05) is 5.69 Å². The maximum Gasteiger partial charge on any atom is 0.352 e. The zero-order chi connectivity index (χ0) is 15.8. The number of aliphatic hydroxyl groups is 1. The first-order valence-corrected chi connectivity index (χ1v) is 6.56. The molecule has 1 saturated carbocycles. The third-order valence-electron chi connectivity index (χ3n) is 3.54. The number of primary amides is 1. The minimum atomic E-state index is -3.90. The van der Waals surface area contributed by atoms with Crippen LogP contribution in [0.25, 0.3) is 0 Å². The summed E-state index contributed by atoms with van der Waals surface area (Å²) in [7, 11) is 0. The second kappa shape index (κ2) is 5.23. The molecular weight excluding hydrogens is 306 g/mol. The van der Waals surface area contributed by atoms with Crippen molar-refractivity contribution in [3.05, 3.63) is 28.8 Å². The van der Waals surface area contributed by atoms with Crippen molar-refractivity contribution < 1.29 is 23.5 Å². The second-order valence-electron chi connectivity index (χ2n) is 4.97. The SMILES string of the molecule is NC(=O)c1ccc(NC(=O)C(F)(F)C2(O)CCC2)cc1Cl. The highest BCUT2D eigenvalue weighted by molar-refractivity contribution is 6.34. The molecule has 0 spiro atoms. The molecule has 5 nitrogen and oxygen atoms in total. The first-order chi connectivity index (χ1) is 9.67. The fraction of sp³-hybridized carbons (Fsp3) is 0.385. The highest BCUT2D eigenvalue weighted by Crippen LogP contribution is 2.44. The molecule has 0 aliphatic heterocycles. The summed E-state index contributed by atoms with van der Waals surface area (Å²) in [6, 6.07) is 3.59. The van der Waals surface area contributed by atoms with Gasteiger partial charge < -0.3 is 16.2 Å². The van der Waals surface area contributed by atoms with Gasteiger partial charge in [0.15, 0.2) is 0 Å². The van der Waals surface area contributed by atoms with Crippen LogP contribution in [-0.4, -0.2) is 28.4 Å². The molecule has 8 heteroatoms. The first kappa shape index (κ1) is 15.7. The quantitative estimate of drug-likeness (QED) is 0.792. The van der Waals surface area contributed by atoms with E-state index >= 15 is 0 Å². The van der Waals surface area contributed by atoms with Crippen molar-refractivity contribution in [3.63, 3.8) is 0 Å². The summed E-state index contributed by atoms with van der Waals surface area (Å²) in [6.07, 6.45) is 0.183. The van der Waals surface area contributed by atoms with Crippen molar-refractivity contribution in [3.8, 4) is 0 Å². The zero-order valence-electron chi connectivity index (χ0n) is 10.8. The van der Waals surface area contributed by atoms with Crippen molar-refractivity contribution in [2.24, 2.45) is 5.73 Å². The lowest BCUT2D eigenvalue weighted by atomic mass is 9.75. The summed E-state index contributed by atoms with van der Waals surface area (Å²) in [5, 5.41) is 11.6. The van der Waals surface area contributed by atoms with Gasteiger partial charge in [-0.25, -0.2) is 0 Å². The maximum absolute atomic E-state index is 13.9. The summed E-state index contributed by atoms with van der Waals surface area (Å²) in [5.74, 6) is -6.29. The van der Waals surface area contributed by atoms with Crippen LogP contribution in [0.5, 0.6) is 0 Å². The maximum atomic E-state index is 13.9. The molecule has 1 aliphatic rings. The third-order valence-corrected chi connectivity index (χ3v) is 3.86. The molecule has 0 aromatic heterocycles. The largest absolute Gasteiger partial charge is 0.383 e. The summed E-state index contributed by atoms with van der Waals surface area (Å²) < 4.78 is 27.7. The Balaban J connectivity index is 2.16. The van der Waals surface area contributed by atoms with Gasteiger partial charge in [-0.05, 0) is 37.5 Å². The number of carbonyl (C=O) groups is 2. The highest BCUT2D eigenvalue weighted by Gasteiger charge is 2.61. The molecule has 0 heterocycles. The molecule has 1 aromatic carbocycles. The Morgan fingerprint density at radius 1 is 1.38 bits per heavy atom. The van der Waals surface area contributed by atoms with Crippen LogP contribution in [0.15, 0.2) is 18.2 Å². The predicted octanol–water partition coefficient (Wildman–Crippen LogP) is 1.93. The van der Waals surface area contributed by atoms with Crippen LogP contribution in [0.3, 0.4) is 0 Å². The Bertz CT molecular complexity index is 603. The lowest BCUT2D eigenvalue weighted by Gasteiger charge is -2.41. The summed E-state index contributed by atoms with van der Waals surface area (Å²) in [6.45, 7) is 0. The van der Waals surface area contributed by atoms with E-state index in [0.29, 0.717) is 6.42 Å². The highest BCUT2D eigenvalue weighted by atomic mass is 35.5. The number of hydrogen-bond acceptors (Lipinski definition) is 3. The van der Waals surface area contributed by atoms with E-state index in [0.717, 1.165) is 6.07 Å². The lowest BCUT2D eigenvalue weighted by Crippen LogP contribution is -2.59. The molecule has 0 atom stereocenters. The fourth-order valence-corrected chi connectivity index (χ4v) is 2.31. The lowest BCUT2D eigenvalue weighted by molar-refractivity contribution is -0.212. The van der Waals surface area contributed by atoms with Crippen LogP contribution in [0.2, 0.25) is 5.02 Å². The fourth-order valence-electron chi connectivity index (χ4n) is 2.04. The average Bonchev–Trinajstić information content (AvgIpc) is 2.35. The van der Waals surface area contributed by atoms with E-state index in [4.69, 9.17) is 17.3 Å². The first-order valence-electron chi connectivity index (χ1n) is 6.18. The van der Waals surface area contributed by atoms with Crippen molar-refractivity contribution in [2.75, 3.05) is 5.32 Å². The Kier molecular flexibility index (Phi) is 3.90. The molecule has 21 heavy (non-hydrogen) atoms. The number of benzene rings is 1. The molecule has 1 fully saturated rings. The molecule has 0 saturated heterocycles. The van der Waals surface area contributed by atoms with Gasteiger partial charge >= 0.3 is 5.92 Å². The van der Waals surface area contributed by atoms with Crippen LogP contribution in [-0.2, 0) is 4.79 Å². The number of rotatable bonds is 4. The smallest absolute Gasteiger partial charge is 0.352 e. The van der Waals surface area contributed by atoms with Gasteiger partial charge in [-0.3, -0.25) is 9.59 Å². The van der Waals surface area contributed by atoms with Gasteiger partial charge in [-0.15, -0.1) is 0 Å². The number of carbonyl (C=O) groups excluding carboxylic acids is 2. The number of alkyl halides is 2. The molecule has 0 unspecified atom stereocenters. The van der Waals surface area contributed by atoms with Gasteiger partial charge in [-0.1, -0.05) is 11.6 Å². The van der Waals surface area contributed by atoms with E-state index in [1.807, 2.05) is 5.32 Å². The molecule has 2 rings (SSSR count). The Labute approximate surface area is 124 Å². The Morgan fingerprint density at radius 2 is 2.00 bits per heavy atom. The van der Waals surface area contributed by atoms with E-state index in [9.17, 15) is 23.5 Å². The average molecular weight is 319 g/mol. The van der Waals surface area contributed by atoms with Crippen LogP contribution in [0, 0.1) is 0 Å². The molecule has 2 amide bonds. The minimum absolute atomic E-state index is 0.0130. The van der Waals surface area contributed by atoms with Crippen LogP contribution in [0.1, 0.15) is 29.6 Å². The Hall–Kier alpha value is -1.73. The predicted molar refractivity (Wildman–Crippen MR) is 72.3 cm³/mol. The number of amides is 2. The van der Waals surface area contributed by atoms with Gasteiger partial charge in [0.25, 0.3) is 5.91 Å². The summed E-state index contributed by atoms with van der Waals surface area (Å²) in [5.41, 5.74) is 2.75. The monoisotopic (exact) mass is 318 g/mol. The summed E-state index contributed by atoms with van der Waals surface area (Å²) in [4.78, 5) is 22.6. The van der Waals surface area contributed by atoms with E-state index in [1.54, 1.807) is 0 Å². The van der Waals surface area contributed by atoms with E-state index in [-0.39, 0.29) is 29.1 Å². The Morgan fingerprint density at radius 3 is 2.43 bits per heavy atom. The standard InChI is InChI=1S/C13H13ClF2N2O3/c14-9-6-7(2-3-8(9)10(17)19)18-11(20)13(15,16)12(21)4-1-5-12/h2-3,6,21H,1,4-5H2,(H2,17,19)(H,18,20). The van der Waals surface area contributed by atoms with E-state index in [1.165, 1.54) is 12.1 Å². The second-order valence-corrected chi connectivity index (χ2v) is 5.38. The third kappa shape index (κ3) is 2.71.